The van der Waals surface area contributed by atoms with Gasteiger partial charge in [-0.3, -0.25) is 10.4 Å². The van der Waals surface area contributed by atoms with Gasteiger partial charge in [-0.15, -0.1) is 0 Å². The topological polar surface area (TPSA) is 136 Å². The van der Waals surface area contributed by atoms with E-state index < -0.39 is 34.5 Å². The molecule has 8 nitrogen and oxygen atoms in total. The van der Waals surface area contributed by atoms with E-state index in [1.807, 2.05) is 12.1 Å². The van der Waals surface area contributed by atoms with Crippen molar-refractivity contribution < 1.29 is 14.2 Å². The van der Waals surface area contributed by atoms with Gasteiger partial charge >= 0.3 is 0 Å². The van der Waals surface area contributed by atoms with Gasteiger partial charge in [-0.2, -0.15) is 15.8 Å². The van der Waals surface area contributed by atoms with Gasteiger partial charge in [0.2, 0.25) is 17.1 Å². The quantitative estimate of drug-likeness (QED) is 0.837. The minimum absolute atomic E-state index is 0.448. The van der Waals surface area contributed by atoms with Crippen LogP contribution < -0.4 is 4.74 Å². The average molecular weight is 399 g/mol. The first-order valence-corrected chi connectivity index (χ1v) is 9.20. The molecule has 1 aromatic heterocycles. The highest BCUT2D eigenvalue weighted by Gasteiger charge is 2.79. The van der Waals surface area contributed by atoms with Crippen LogP contribution in [0.15, 0.2) is 48.8 Å². The third-order valence-corrected chi connectivity index (χ3v) is 6.15. The van der Waals surface area contributed by atoms with E-state index >= 15 is 0 Å². The number of ether oxygens (including phenoxy) is 3. The second kappa shape index (κ2) is 6.56. The van der Waals surface area contributed by atoms with Crippen molar-refractivity contribution in [3.63, 3.8) is 0 Å². The maximum atomic E-state index is 10.3. The van der Waals surface area contributed by atoms with E-state index in [4.69, 9.17) is 19.6 Å². The summed E-state index contributed by atoms with van der Waals surface area (Å²) < 4.78 is 17.5. The first-order chi connectivity index (χ1) is 14.5. The number of pyridine rings is 1. The number of hydrogen-bond donors (Lipinski definition) is 1. The number of fused-ring (bicyclic) bond motifs is 2. The Morgan fingerprint density at radius 1 is 1.10 bits per heavy atom. The SMILES string of the molecule is COc1ccc(C23OC(=N)C(C#N)(C2C)C(C#N)(C#N)C(c2cccnc2)O3)cc1. The van der Waals surface area contributed by atoms with Crippen LogP contribution in [-0.4, -0.2) is 18.0 Å². The Morgan fingerprint density at radius 2 is 1.80 bits per heavy atom. The molecular weight excluding hydrogens is 382 g/mol. The summed E-state index contributed by atoms with van der Waals surface area (Å²) in [4.78, 5) is 4.08. The van der Waals surface area contributed by atoms with Crippen LogP contribution >= 0.6 is 0 Å². The highest BCUT2D eigenvalue weighted by atomic mass is 16.7. The van der Waals surface area contributed by atoms with Gasteiger partial charge in [0.05, 0.1) is 31.2 Å². The second-order valence-corrected chi connectivity index (χ2v) is 7.28. The molecule has 0 radical (unpaired) electrons. The summed E-state index contributed by atoms with van der Waals surface area (Å²) in [6, 6.07) is 16.3. The Bertz CT molecular complexity index is 1110. The number of nitrogens with zero attached hydrogens (tertiary/aromatic N) is 4. The third-order valence-electron chi connectivity index (χ3n) is 6.15. The summed E-state index contributed by atoms with van der Waals surface area (Å²) in [5.41, 5.74) is -2.84. The first kappa shape index (κ1) is 19.4. The molecule has 1 aromatic carbocycles. The van der Waals surface area contributed by atoms with Gasteiger partial charge in [-0.25, -0.2) is 0 Å². The highest BCUT2D eigenvalue weighted by Crippen LogP contribution is 2.68. The van der Waals surface area contributed by atoms with E-state index in [0.29, 0.717) is 16.9 Å². The lowest BCUT2D eigenvalue weighted by Gasteiger charge is -2.48. The molecule has 2 saturated heterocycles. The van der Waals surface area contributed by atoms with Crippen molar-refractivity contribution in [2.45, 2.75) is 18.8 Å². The van der Waals surface area contributed by atoms with Crippen LogP contribution in [0.2, 0.25) is 0 Å². The molecule has 148 valence electrons. The number of nitriles is 3. The molecule has 4 rings (SSSR count). The van der Waals surface area contributed by atoms with Gasteiger partial charge in [0.15, 0.2) is 5.41 Å². The minimum Gasteiger partial charge on any atom is -0.497 e. The van der Waals surface area contributed by atoms with Gasteiger partial charge in [-0.1, -0.05) is 13.0 Å². The molecule has 2 aromatic rings. The normalized spacial score (nSPS) is 31.0. The Labute approximate surface area is 173 Å². The fraction of sp³-hybridized carbons (Fsp3) is 0.318. The van der Waals surface area contributed by atoms with E-state index in [-0.39, 0.29) is 0 Å². The van der Waals surface area contributed by atoms with E-state index in [0.717, 1.165) is 0 Å². The highest BCUT2D eigenvalue weighted by molar-refractivity contribution is 5.89. The van der Waals surface area contributed by atoms with Crippen LogP contribution in [0.1, 0.15) is 24.2 Å². The van der Waals surface area contributed by atoms with Crippen LogP contribution in [0.3, 0.4) is 0 Å². The predicted octanol–water partition coefficient (Wildman–Crippen LogP) is 3.20. The van der Waals surface area contributed by atoms with Crippen LogP contribution in [-0.2, 0) is 15.3 Å². The first-order valence-electron chi connectivity index (χ1n) is 9.20. The average Bonchev–Trinajstić information content (AvgIpc) is 2.96. The van der Waals surface area contributed by atoms with Crippen molar-refractivity contribution in [3.05, 3.63) is 59.9 Å². The van der Waals surface area contributed by atoms with Crippen molar-refractivity contribution >= 4 is 5.90 Å². The Hall–Kier alpha value is -3.93. The molecule has 8 heteroatoms. The van der Waals surface area contributed by atoms with E-state index in [1.165, 1.54) is 6.20 Å². The van der Waals surface area contributed by atoms with Crippen LogP contribution in [0.5, 0.6) is 5.75 Å². The third kappa shape index (κ3) is 2.10. The van der Waals surface area contributed by atoms with Crippen molar-refractivity contribution in [3.8, 4) is 24.0 Å². The number of benzene rings is 1. The zero-order valence-electron chi connectivity index (χ0n) is 16.3. The molecule has 4 atom stereocenters. The number of methoxy groups -OCH3 is 1. The van der Waals surface area contributed by atoms with Gasteiger partial charge in [0.1, 0.15) is 11.9 Å². The molecule has 0 amide bonds. The van der Waals surface area contributed by atoms with Crippen LogP contribution in [0, 0.1) is 56.2 Å². The summed E-state index contributed by atoms with van der Waals surface area (Å²) in [6.45, 7) is 1.66. The molecule has 30 heavy (non-hydrogen) atoms. The number of aromatic nitrogens is 1. The minimum atomic E-state index is -2.01. The Balaban J connectivity index is 2.01. The Morgan fingerprint density at radius 3 is 2.33 bits per heavy atom. The summed E-state index contributed by atoms with van der Waals surface area (Å²) >= 11 is 0. The monoisotopic (exact) mass is 399 g/mol. The lowest BCUT2D eigenvalue weighted by Crippen LogP contribution is -2.57. The van der Waals surface area contributed by atoms with E-state index in [9.17, 15) is 15.8 Å². The fourth-order valence-electron chi connectivity index (χ4n) is 4.52. The molecule has 1 N–H and O–H groups in total. The van der Waals surface area contributed by atoms with Crippen molar-refractivity contribution in [2.75, 3.05) is 7.11 Å². The largest absolute Gasteiger partial charge is 0.497 e. The van der Waals surface area contributed by atoms with Crippen molar-refractivity contribution in [2.24, 2.45) is 16.7 Å². The molecule has 4 unspecified atom stereocenters. The molecule has 0 aliphatic carbocycles. The second-order valence-electron chi connectivity index (χ2n) is 7.28. The number of rotatable bonds is 3. The van der Waals surface area contributed by atoms with Gasteiger partial charge in [0, 0.05) is 23.5 Å². The van der Waals surface area contributed by atoms with Crippen molar-refractivity contribution in [1.29, 1.82) is 21.2 Å². The smallest absolute Gasteiger partial charge is 0.244 e. The summed E-state index contributed by atoms with van der Waals surface area (Å²) in [6.07, 6.45) is 1.88. The molecule has 2 bridgehead atoms. The van der Waals surface area contributed by atoms with Gasteiger partial charge in [0.25, 0.3) is 0 Å². The van der Waals surface area contributed by atoms with E-state index in [1.54, 1.807) is 56.6 Å². The fourth-order valence-corrected chi connectivity index (χ4v) is 4.52. The molecule has 0 saturated carbocycles. The lowest BCUT2D eigenvalue weighted by atomic mass is 9.53. The maximum absolute atomic E-state index is 10.3. The summed E-state index contributed by atoms with van der Waals surface area (Å²) in [5.74, 6) is -2.19. The molecular formula is C22H17N5O3. The van der Waals surface area contributed by atoms with Crippen molar-refractivity contribution in [1.82, 2.24) is 4.98 Å². The van der Waals surface area contributed by atoms with E-state index in [2.05, 4.69) is 11.1 Å². The lowest BCUT2D eigenvalue weighted by molar-refractivity contribution is -0.288. The molecule has 3 heterocycles. The summed E-state index contributed by atoms with van der Waals surface area (Å²) in [5, 5.41) is 39.1. The summed E-state index contributed by atoms with van der Waals surface area (Å²) in [7, 11) is 1.54. The zero-order chi connectivity index (χ0) is 21.6. The number of nitrogens with one attached hydrogen (secondary N) is 1. The van der Waals surface area contributed by atoms with Gasteiger partial charge < -0.3 is 14.2 Å². The Kier molecular flexibility index (Phi) is 4.24. The molecule has 0 spiro atoms. The molecule has 2 fully saturated rings. The zero-order valence-corrected chi connectivity index (χ0v) is 16.3. The maximum Gasteiger partial charge on any atom is 0.244 e. The van der Waals surface area contributed by atoms with Crippen LogP contribution in [0.25, 0.3) is 0 Å². The van der Waals surface area contributed by atoms with Crippen LogP contribution in [0.4, 0.5) is 0 Å². The predicted molar refractivity (Wildman–Crippen MR) is 102 cm³/mol. The standard InChI is InChI=1S/C22H17N5O3/c1-14-21(13-25)19(26)30-22(14,16-5-7-17(28-2)8-6-16)29-18(20(21,11-23)12-24)15-4-3-9-27-10-15/h3-10,14,18,26H,1-2H3. The molecule has 2 aliphatic rings. The van der Waals surface area contributed by atoms with Gasteiger partial charge in [-0.05, 0) is 30.3 Å². The molecule has 2 aliphatic heterocycles. The number of hydrogen-bond acceptors (Lipinski definition) is 8.